The fourth-order valence-electron chi connectivity index (χ4n) is 3.27. The maximum atomic E-state index is 13.1. The summed E-state index contributed by atoms with van der Waals surface area (Å²) in [5, 5.41) is 12.6. The number of phenolic OH excluding ortho intramolecular Hbond substituents is 1. The molecule has 0 aliphatic carbocycles. The maximum Gasteiger partial charge on any atom is 0.321 e. The number of para-hydroxylation sites is 2. The van der Waals surface area contributed by atoms with E-state index < -0.39 is 0 Å². The number of urea groups is 1. The topological polar surface area (TPSA) is 107 Å². The molecule has 1 saturated heterocycles. The molecule has 0 unspecified atom stereocenters. The number of halogens is 1. The van der Waals surface area contributed by atoms with Crippen molar-refractivity contribution in [3.63, 3.8) is 0 Å². The Hall–Kier alpha value is -3.88. The van der Waals surface area contributed by atoms with Crippen molar-refractivity contribution in [3.8, 4) is 5.75 Å². The van der Waals surface area contributed by atoms with E-state index in [1.807, 2.05) is 30.0 Å². The highest BCUT2D eigenvalue weighted by Crippen LogP contribution is 2.27. The summed E-state index contributed by atoms with van der Waals surface area (Å²) in [6, 6.07) is 12.8. The molecule has 1 fully saturated rings. The molecule has 4 rings (SSSR count). The van der Waals surface area contributed by atoms with Crippen LogP contribution in [0.2, 0.25) is 0 Å². The molecule has 0 spiro atoms. The largest absolute Gasteiger partial charge is 0.506 e. The van der Waals surface area contributed by atoms with Crippen LogP contribution < -0.4 is 16.0 Å². The highest BCUT2D eigenvalue weighted by molar-refractivity contribution is 5.96. The minimum absolute atomic E-state index is 0.241. The molecule has 2 heterocycles. The Kier molecular flexibility index (Phi) is 7.80. The van der Waals surface area contributed by atoms with E-state index in [-0.39, 0.29) is 17.6 Å². The van der Waals surface area contributed by atoms with Gasteiger partial charge in [-0.3, -0.25) is 0 Å². The molecule has 0 aromatic heterocycles. The number of benzene rings is 2. The second-order valence-electron chi connectivity index (χ2n) is 7.33. The average Bonchev–Trinajstić information content (AvgIpc) is 2.97. The molecule has 0 atom stereocenters. The number of amides is 2. The summed E-state index contributed by atoms with van der Waals surface area (Å²) in [5.74, 6) is 0.207. The molecule has 2 aliphatic rings. The van der Waals surface area contributed by atoms with Crippen molar-refractivity contribution in [3.05, 3.63) is 66.6 Å². The summed E-state index contributed by atoms with van der Waals surface area (Å²) >= 11 is 0. The molecule has 2 aliphatic heterocycles. The molecule has 0 radical (unpaired) electrons. The van der Waals surface area contributed by atoms with Gasteiger partial charge in [-0.15, -0.1) is 0 Å². The first-order chi connectivity index (χ1) is 15.4. The molecule has 9 heteroatoms. The summed E-state index contributed by atoms with van der Waals surface area (Å²) in [6.45, 7) is 4.27. The third-order valence-corrected chi connectivity index (χ3v) is 4.90. The lowest BCUT2D eigenvalue weighted by Gasteiger charge is -2.36. The summed E-state index contributed by atoms with van der Waals surface area (Å²) in [6.07, 6.45) is 4.46. The number of rotatable bonds is 2. The van der Waals surface area contributed by atoms with Gasteiger partial charge in [0.25, 0.3) is 0 Å². The highest BCUT2D eigenvalue weighted by Gasteiger charge is 2.22. The molecule has 2 amide bonds. The van der Waals surface area contributed by atoms with Gasteiger partial charge in [-0.25, -0.2) is 19.2 Å². The zero-order valence-electron chi connectivity index (χ0n) is 17.9. The molecule has 2 aromatic carbocycles. The predicted octanol–water partition coefficient (Wildman–Crippen LogP) is 3.56. The first-order valence-corrected chi connectivity index (χ1v) is 10.3. The van der Waals surface area contributed by atoms with Crippen molar-refractivity contribution in [1.29, 1.82) is 0 Å². The second-order valence-corrected chi connectivity index (χ2v) is 7.33. The lowest BCUT2D eigenvalue weighted by Crippen LogP contribution is -2.50. The SMILES string of the molecule is CC1=NC(N)=NC=CC1.O=C(Nc1cccc(F)c1)N1CCN(c2ccccc2O)CC1. The standard InChI is InChI=1S/C17H18FN3O2.C6H9N3/c18-13-4-3-5-14(12-13)19-17(23)21-10-8-20(9-11-21)15-6-1-2-7-16(15)22;1-5-3-2-4-8-6(7)9-5/h1-7,12,22H,8-11H2,(H,19,23);2,4H,3H2,1H3,(H2,7,8). The number of piperazine rings is 1. The van der Waals surface area contributed by atoms with Crippen molar-refractivity contribution in [2.45, 2.75) is 13.3 Å². The normalized spacial score (nSPS) is 15.7. The lowest BCUT2D eigenvalue weighted by molar-refractivity contribution is 0.208. The number of carbonyl (C=O) groups is 1. The van der Waals surface area contributed by atoms with Crippen LogP contribution in [-0.4, -0.2) is 53.9 Å². The van der Waals surface area contributed by atoms with Gasteiger partial charge in [0.2, 0.25) is 5.96 Å². The number of phenols is 1. The van der Waals surface area contributed by atoms with Crippen molar-refractivity contribution < 1.29 is 14.3 Å². The van der Waals surface area contributed by atoms with Crippen LogP contribution in [0.5, 0.6) is 5.75 Å². The monoisotopic (exact) mass is 438 g/mol. The fourth-order valence-corrected chi connectivity index (χ4v) is 3.27. The summed E-state index contributed by atoms with van der Waals surface area (Å²) in [7, 11) is 0. The van der Waals surface area contributed by atoms with Gasteiger partial charge in [-0.05, 0) is 37.3 Å². The molecule has 0 saturated carbocycles. The number of allylic oxidation sites excluding steroid dienone is 1. The average molecular weight is 439 g/mol. The maximum absolute atomic E-state index is 13.1. The number of hydrogen-bond donors (Lipinski definition) is 3. The highest BCUT2D eigenvalue weighted by atomic mass is 19.1. The molecule has 0 bridgehead atoms. The Balaban J connectivity index is 0.000000269. The van der Waals surface area contributed by atoms with Crippen molar-refractivity contribution in [1.82, 2.24) is 4.90 Å². The summed E-state index contributed by atoms with van der Waals surface area (Å²) < 4.78 is 13.1. The molecular weight excluding hydrogens is 411 g/mol. The third kappa shape index (κ3) is 6.56. The third-order valence-electron chi connectivity index (χ3n) is 4.90. The van der Waals surface area contributed by atoms with Gasteiger partial charge in [0.15, 0.2) is 0 Å². The zero-order chi connectivity index (χ0) is 22.9. The first-order valence-electron chi connectivity index (χ1n) is 10.3. The van der Waals surface area contributed by atoms with Crippen LogP contribution in [0.1, 0.15) is 13.3 Å². The number of guanidine groups is 1. The second kappa shape index (κ2) is 10.9. The van der Waals surface area contributed by atoms with Crippen LogP contribution in [0.15, 0.2) is 70.8 Å². The number of hydrogen-bond acceptors (Lipinski definition) is 6. The van der Waals surface area contributed by atoms with E-state index in [0.717, 1.165) is 17.8 Å². The Morgan fingerprint density at radius 1 is 1.12 bits per heavy atom. The van der Waals surface area contributed by atoms with Gasteiger partial charge in [0, 0.05) is 50.2 Å². The van der Waals surface area contributed by atoms with E-state index in [0.29, 0.717) is 37.8 Å². The van der Waals surface area contributed by atoms with Gasteiger partial charge in [0.05, 0.1) is 5.69 Å². The molecule has 4 N–H and O–H groups in total. The minimum atomic E-state index is -0.382. The van der Waals surface area contributed by atoms with E-state index in [2.05, 4.69) is 15.3 Å². The molecule has 2 aromatic rings. The van der Waals surface area contributed by atoms with Crippen LogP contribution in [-0.2, 0) is 0 Å². The summed E-state index contributed by atoms with van der Waals surface area (Å²) in [4.78, 5) is 23.7. The van der Waals surface area contributed by atoms with E-state index in [4.69, 9.17) is 5.73 Å². The molecule has 8 nitrogen and oxygen atoms in total. The predicted molar refractivity (Wildman–Crippen MR) is 126 cm³/mol. The molecule has 168 valence electrons. The van der Waals surface area contributed by atoms with Gasteiger partial charge in [-0.2, -0.15) is 0 Å². The number of carbonyl (C=O) groups excluding carboxylic acids is 1. The number of anilines is 2. The van der Waals surface area contributed by atoms with Crippen molar-refractivity contribution in [2.24, 2.45) is 15.7 Å². The minimum Gasteiger partial charge on any atom is -0.506 e. The van der Waals surface area contributed by atoms with Crippen LogP contribution in [0.25, 0.3) is 0 Å². The molecule has 32 heavy (non-hydrogen) atoms. The Morgan fingerprint density at radius 2 is 1.88 bits per heavy atom. The number of aliphatic imine (C=N–C) groups is 2. The lowest BCUT2D eigenvalue weighted by atomic mass is 10.2. The van der Waals surface area contributed by atoms with Crippen molar-refractivity contribution in [2.75, 3.05) is 36.4 Å². The number of nitrogens with one attached hydrogen (secondary N) is 1. The fraction of sp³-hybridized carbons (Fsp3) is 0.261. The number of nitrogens with zero attached hydrogens (tertiary/aromatic N) is 4. The molecular formula is C23H27FN6O2. The summed E-state index contributed by atoms with van der Waals surface area (Å²) in [5.41, 5.74) is 7.56. The zero-order valence-corrected chi connectivity index (χ0v) is 17.9. The van der Waals surface area contributed by atoms with Crippen molar-refractivity contribution >= 4 is 29.1 Å². The van der Waals surface area contributed by atoms with Crippen LogP contribution >= 0.6 is 0 Å². The van der Waals surface area contributed by atoms with Gasteiger partial charge >= 0.3 is 6.03 Å². The van der Waals surface area contributed by atoms with E-state index >= 15 is 0 Å². The van der Waals surface area contributed by atoms with Gasteiger partial charge in [-0.1, -0.05) is 24.3 Å². The smallest absolute Gasteiger partial charge is 0.321 e. The number of aromatic hydroxyl groups is 1. The quantitative estimate of drug-likeness (QED) is 0.666. The van der Waals surface area contributed by atoms with E-state index in [1.165, 1.54) is 12.1 Å². The first kappa shape index (κ1) is 22.8. The Morgan fingerprint density at radius 3 is 2.59 bits per heavy atom. The number of nitrogens with two attached hydrogens (primary N) is 1. The van der Waals surface area contributed by atoms with E-state index in [1.54, 1.807) is 35.4 Å². The van der Waals surface area contributed by atoms with Crippen LogP contribution in [0.3, 0.4) is 0 Å². The Labute approximate surface area is 186 Å². The van der Waals surface area contributed by atoms with Crippen LogP contribution in [0, 0.1) is 5.82 Å². The van der Waals surface area contributed by atoms with E-state index in [9.17, 15) is 14.3 Å². The van der Waals surface area contributed by atoms with Crippen LogP contribution in [0.4, 0.5) is 20.6 Å². The van der Waals surface area contributed by atoms with Gasteiger partial charge in [0.1, 0.15) is 11.6 Å². The Bertz CT molecular complexity index is 1030. The van der Waals surface area contributed by atoms with Gasteiger partial charge < -0.3 is 26.0 Å².